The molecule has 1 aromatic heterocycles. The van der Waals surface area contributed by atoms with Gasteiger partial charge in [-0.05, 0) is 100 Å². The van der Waals surface area contributed by atoms with E-state index in [1.54, 1.807) is 4.90 Å². The Bertz CT molecular complexity index is 1970. The van der Waals surface area contributed by atoms with Crippen LogP contribution in [0.5, 0.6) is 0 Å². The van der Waals surface area contributed by atoms with Crippen molar-refractivity contribution in [1.82, 2.24) is 24.1 Å². The molecule has 4 aromatic rings. The van der Waals surface area contributed by atoms with Crippen LogP contribution in [0, 0.1) is 18.6 Å². The number of benzene rings is 3. The van der Waals surface area contributed by atoms with Crippen LogP contribution in [-0.4, -0.2) is 71.4 Å². The molecule has 8 rings (SSSR count). The summed E-state index contributed by atoms with van der Waals surface area (Å²) in [6, 6.07) is 21.5. The zero-order valence-electron chi connectivity index (χ0n) is 27.8. The number of nitrogens with zero attached hydrogens (tertiary/aromatic N) is 4. The molecule has 4 heterocycles. The van der Waals surface area contributed by atoms with E-state index < -0.39 is 38.0 Å². The lowest BCUT2D eigenvalue weighted by Gasteiger charge is -2.45. The number of rotatable bonds is 9. The van der Waals surface area contributed by atoms with Gasteiger partial charge in [-0.3, -0.25) is 9.69 Å². The summed E-state index contributed by atoms with van der Waals surface area (Å²) in [6.07, 6.45) is 8.31. The molecule has 49 heavy (non-hydrogen) atoms. The van der Waals surface area contributed by atoms with Crippen LogP contribution in [0.2, 0.25) is 0 Å². The van der Waals surface area contributed by atoms with E-state index in [1.165, 1.54) is 23.9 Å². The predicted octanol–water partition coefficient (Wildman–Crippen LogP) is 6.50. The van der Waals surface area contributed by atoms with Gasteiger partial charge in [0.1, 0.15) is 22.4 Å². The molecular formula is C38H43F2N5O3S. The van der Waals surface area contributed by atoms with Crippen molar-refractivity contribution in [2.45, 2.75) is 99.2 Å². The number of hydrogen-bond donors (Lipinski definition) is 1. The van der Waals surface area contributed by atoms with Crippen molar-refractivity contribution < 1.29 is 22.0 Å². The number of likely N-dealkylation sites (tertiary alicyclic amines) is 1. The number of hydrogen-bond acceptors (Lipinski definition) is 5. The van der Waals surface area contributed by atoms with E-state index >= 15 is 4.39 Å². The van der Waals surface area contributed by atoms with E-state index in [0.717, 1.165) is 43.2 Å². The lowest BCUT2D eigenvalue weighted by atomic mass is 9.70. The number of piperidine rings is 2. The average molecular weight is 688 g/mol. The summed E-state index contributed by atoms with van der Waals surface area (Å²) in [5.74, 6) is -1.78. The van der Waals surface area contributed by atoms with Gasteiger partial charge in [0.05, 0.1) is 16.6 Å². The van der Waals surface area contributed by atoms with Gasteiger partial charge in [-0.15, -0.1) is 0 Å². The molecule has 0 unspecified atom stereocenters. The van der Waals surface area contributed by atoms with Gasteiger partial charge >= 0.3 is 0 Å². The SMILES string of the molecule is Cc1nc2ccccc2n1[C@H]1C[C@H]2CC[C@@H](C1)N2CCC1(c2ccccc2)CCN(C(=O)c2cc(S(=O)(=O)NC3CC3)c(F)cc2F)CC1. The number of carbonyl (C=O) groups excluding carboxylic acids is 1. The van der Waals surface area contributed by atoms with Gasteiger partial charge < -0.3 is 9.47 Å². The van der Waals surface area contributed by atoms with Crippen molar-refractivity contribution in [1.29, 1.82) is 0 Å². The molecule has 1 amide bonds. The Morgan fingerprint density at radius 2 is 1.57 bits per heavy atom. The van der Waals surface area contributed by atoms with Crippen LogP contribution in [0.3, 0.4) is 0 Å². The van der Waals surface area contributed by atoms with E-state index in [4.69, 9.17) is 4.98 Å². The summed E-state index contributed by atoms with van der Waals surface area (Å²) in [5, 5.41) is 0. The zero-order valence-corrected chi connectivity index (χ0v) is 28.6. The van der Waals surface area contributed by atoms with Gasteiger partial charge in [0, 0.05) is 43.3 Å². The smallest absolute Gasteiger partial charge is 0.256 e. The number of fused-ring (bicyclic) bond motifs is 3. The fourth-order valence-corrected chi connectivity index (χ4v) is 10.3. The van der Waals surface area contributed by atoms with Gasteiger partial charge in [0.15, 0.2) is 0 Å². The van der Waals surface area contributed by atoms with Crippen molar-refractivity contribution in [2.24, 2.45) is 0 Å². The second-order valence-corrected chi connectivity index (χ2v) is 16.3. The number of imidazole rings is 1. The molecule has 1 N–H and O–H groups in total. The molecule has 0 radical (unpaired) electrons. The van der Waals surface area contributed by atoms with E-state index in [-0.39, 0.29) is 11.5 Å². The van der Waals surface area contributed by atoms with Crippen LogP contribution in [0.4, 0.5) is 8.78 Å². The number of aryl methyl sites for hydroxylation is 1. The van der Waals surface area contributed by atoms with Gasteiger partial charge in [-0.25, -0.2) is 26.9 Å². The third-order valence-electron chi connectivity index (χ3n) is 11.7. The molecule has 11 heteroatoms. The van der Waals surface area contributed by atoms with E-state index in [1.807, 2.05) is 12.1 Å². The maximum atomic E-state index is 15.0. The molecule has 4 fully saturated rings. The van der Waals surface area contributed by atoms with E-state index in [9.17, 15) is 17.6 Å². The van der Waals surface area contributed by atoms with Gasteiger partial charge in [-0.1, -0.05) is 42.5 Å². The fourth-order valence-electron chi connectivity index (χ4n) is 8.96. The molecule has 3 atom stereocenters. The monoisotopic (exact) mass is 687 g/mol. The Morgan fingerprint density at radius 1 is 0.898 bits per heavy atom. The third kappa shape index (κ3) is 6.08. The minimum Gasteiger partial charge on any atom is -0.338 e. The van der Waals surface area contributed by atoms with Crippen molar-refractivity contribution in [3.05, 3.63) is 95.3 Å². The Labute approximate surface area is 286 Å². The third-order valence-corrected chi connectivity index (χ3v) is 13.2. The molecule has 3 aliphatic heterocycles. The molecule has 8 nitrogen and oxygen atoms in total. The highest BCUT2D eigenvalue weighted by atomic mass is 32.2. The Morgan fingerprint density at radius 3 is 2.27 bits per heavy atom. The van der Waals surface area contributed by atoms with Crippen LogP contribution < -0.4 is 4.72 Å². The summed E-state index contributed by atoms with van der Waals surface area (Å²) in [6.45, 7) is 3.88. The normalized spacial score (nSPS) is 24.1. The quantitative estimate of drug-likeness (QED) is 0.217. The minimum absolute atomic E-state index is 0.157. The maximum absolute atomic E-state index is 15.0. The second-order valence-electron chi connectivity index (χ2n) is 14.6. The van der Waals surface area contributed by atoms with Crippen molar-refractivity contribution in [3.8, 4) is 0 Å². The topological polar surface area (TPSA) is 87.5 Å². The fraction of sp³-hybridized carbons (Fsp3) is 0.474. The first-order valence-electron chi connectivity index (χ1n) is 17.7. The van der Waals surface area contributed by atoms with Crippen LogP contribution in [0.1, 0.15) is 85.6 Å². The molecule has 3 aromatic carbocycles. The first-order chi connectivity index (χ1) is 23.6. The number of sulfonamides is 1. The zero-order chi connectivity index (χ0) is 33.9. The van der Waals surface area contributed by atoms with E-state index in [2.05, 4.69) is 63.6 Å². The summed E-state index contributed by atoms with van der Waals surface area (Å²) in [7, 11) is -4.21. The largest absolute Gasteiger partial charge is 0.338 e. The minimum atomic E-state index is -4.21. The average Bonchev–Trinajstić information content (AvgIpc) is 3.78. The summed E-state index contributed by atoms with van der Waals surface area (Å²) in [5.41, 5.74) is 2.95. The molecule has 4 aliphatic rings. The number of aromatic nitrogens is 2. The van der Waals surface area contributed by atoms with Gasteiger partial charge in [-0.2, -0.15) is 0 Å². The molecule has 0 spiro atoms. The summed E-state index contributed by atoms with van der Waals surface area (Å²) in [4.78, 5) is 22.1. The predicted molar refractivity (Wildman–Crippen MR) is 184 cm³/mol. The Balaban J connectivity index is 0.979. The number of nitrogens with one attached hydrogen (secondary N) is 1. The highest BCUT2D eigenvalue weighted by molar-refractivity contribution is 7.89. The first-order valence-corrected chi connectivity index (χ1v) is 19.2. The van der Waals surface area contributed by atoms with Crippen LogP contribution >= 0.6 is 0 Å². The standard InChI is InChI=1S/C38H43F2N5O3S/c1-25-41-34-9-5-6-10-35(34)45(25)30-21-28-13-14-29(22-30)44(28)20-17-38(26-7-3-2-4-8-26)15-18-43(19-16-38)37(46)31-23-36(33(40)24-32(31)39)49(47,48)42-27-11-12-27/h2-10,23-24,27-30,42H,11-22H2,1H3/t28-,29+,30+. The van der Waals surface area contributed by atoms with Crippen molar-refractivity contribution in [2.75, 3.05) is 19.6 Å². The number of amides is 1. The molecule has 2 bridgehead atoms. The van der Waals surface area contributed by atoms with Crippen molar-refractivity contribution in [3.63, 3.8) is 0 Å². The van der Waals surface area contributed by atoms with Crippen LogP contribution in [0.15, 0.2) is 71.6 Å². The number of para-hydroxylation sites is 2. The Kier molecular flexibility index (Phi) is 8.35. The van der Waals surface area contributed by atoms with E-state index in [0.29, 0.717) is 63.0 Å². The lowest BCUT2D eigenvalue weighted by molar-refractivity contribution is 0.0602. The van der Waals surface area contributed by atoms with Crippen LogP contribution in [-0.2, 0) is 15.4 Å². The Hall–Kier alpha value is -3.67. The molecule has 1 saturated carbocycles. The summed E-state index contributed by atoms with van der Waals surface area (Å²) < 4.78 is 60.2. The van der Waals surface area contributed by atoms with Crippen molar-refractivity contribution >= 4 is 27.0 Å². The lowest BCUT2D eigenvalue weighted by Crippen LogP contribution is -2.49. The van der Waals surface area contributed by atoms with Gasteiger partial charge in [0.2, 0.25) is 10.0 Å². The number of carbonyl (C=O) groups is 1. The molecule has 258 valence electrons. The van der Waals surface area contributed by atoms with Gasteiger partial charge in [0.25, 0.3) is 5.91 Å². The maximum Gasteiger partial charge on any atom is 0.256 e. The first kappa shape index (κ1) is 32.5. The number of halogens is 2. The second kappa shape index (κ2) is 12.6. The molecular weight excluding hydrogens is 645 g/mol. The summed E-state index contributed by atoms with van der Waals surface area (Å²) >= 11 is 0. The van der Waals surface area contributed by atoms with Crippen LogP contribution in [0.25, 0.3) is 11.0 Å². The highest BCUT2D eigenvalue weighted by Gasteiger charge is 2.44. The highest BCUT2D eigenvalue weighted by Crippen LogP contribution is 2.45. The molecule has 3 saturated heterocycles. The molecule has 1 aliphatic carbocycles.